The van der Waals surface area contributed by atoms with Gasteiger partial charge in [0.15, 0.2) is 0 Å². The van der Waals surface area contributed by atoms with E-state index < -0.39 is 55.7 Å². The van der Waals surface area contributed by atoms with Crippen LogP contribution in [-0.2, 0) is 11.8 Å². The van der Waals surface area contributed by atoms with Crippen LogP contribution in [0.1, 0.15) is 23.1 Å². The van der Waals surface area contributed by atoms with E-state index in [9.17, 15) is 43.5 Å². The zero-order valence-corrected chi connectivity index (χ0v) is 14.8. The number of nitrogens with zero attached hydrogens (tertiary/aromatic N) is 3. The number of halogens is 3. The summed E-state index contributed by atoms with van der Waals surface area (Å²) in [6.45, 7) is 0. The maximum atomic E-state index is 13.6. The lowest BCUT2D eigenvalue weighted by Gasteiger charge is -2.31. The molecule has 3 rings (SSSR count). The smallest absolute Gasteiger partial charge is 0.311 e. The topological polar surface area (TPSA) is 141 Å². The largest absolute Gasteiger partial charge is 0.418 e. The van der Waals surface area contributed by atoms with Gasteiger partial charge in [0.1, 0.15) is 5.69 Å². The van der Waals surface area contributed by atoms with Crippen LogP contribution in [0.15, 0.2) is 42.5 Å². The number of non-ortho nitro benzene ring substituents is 1. The van der Waals surface area contributed by atoms with Gasteiger partial charge >= 0.3 is 11.8 Å². The molecule has 30 heavy (non-hydrogen) atoms. The Morgan fingerprint density at radius 1 is 1.00 bits per heavy atom. The summed E-state index contributed by atoms with van der Waals surface area (Å²) in [5, 5.41) is 36.5. The van der Waals surface area contributed by atoms with Gasteiger partial charge in [-0.15, -0.1) is 0 Å². The highest BCUT2D eigenvalue weighted by atomic mass is 19.4. The van der Waals surface area contributed by atoms with Crippen molar-refractivity contribution in [1.82, 2.24) is 0 Å². The minimum absolute atomic E-state index is 0.00160. The van der Waals surface area contributed by atoms with E-state index in [0.717, 1.165) is 0 Å². The number of nitro benzene ring substituents is 2. The van der Waals surface area contributed by atoms with E-state index in [0.29, 0.717) is 11.6 Å². The Bertz CT molecular complexity index is 1100. The number of benzene rings is 2. The summed E-state index contributed by atoms with van der Waals surface area (Å²) < 4.78 is 40.9. The van der Waals surface area contributed by atoms with E-state index in [1.54, 1.807) is 6.07 Å². The number of nitrogens with one attached hydrogen (secondary N) is 1. The second-order valence-electron chi connectivity index (χ2n) is 6.34. The van der Waals surface area contributed by atoms with Crippen molar-refractivity contribution in [2.75, 3.05) is 5.32 Å². The summed E-state index contributed by atoms with van der Waals surface area (Å²) >= 11 is 0. The molecule has 0 saturated carbocycles. The molecule has 0 heterocycles. The van der Waals surface area contributed by atoms with Crippen molar-refractivity contribution in [2.45, 2.75) is 18.3 Å². The van der Waals surface area contributed by atoms with E-state index in [4.69, 9.17) is 0 Å². The first-order valence-electron chi connectivity index (χ1n) is 8.20. The van der Waals surface area contributed by atoms with E-state index >= 15 is 0 Å². The molecule has 0 aromatic heterocycles. The molecule has 1 N–H and O–H groups in total. The van der Waals surface area contributed by atoms with Crippen molar-refractivity contribution in [3.8, 4) is 0 Å². The third-order valence-corrected chi connectivity index (χ3v) is 4.58. The normalized spacial score (nSPS) is 17.8. The SMILES string of the molecule is O=[N+]([O-])c1cc([N+](=O)[O-])c(NC2([N+](=O)[O-])CC=Cc3ccccc32)c(C(F)(F)F)c1. The van der Waals surface area contributed by atoms with E-state index in [1.165, 1.54) is 30.4 Å². The van der Waals surface area contributed by atoms with Gasteiger partial charge in [0.2, 0.25) is 0 Å². The van der Waals surface area contributed by atoms with Gasteiger partial charge in [0.25, 0.3) is 11.4 Å². The van der Waals surface area contributed by atoms with Crippen LogP contribution >= 0.6 is 0 Å². The van der Waals surface area contributed by atoms with Gasteiger partial charge in [-0.3, -0.25) is 30.3 Å². The van der Waals surface area contributed by atoms with Crippen LogP contribution in [0.2, 0.25) is 0 Å². The number of fused-ring (bicyclic) bond motifs is 1. The van der Waals surface area contributed by atoms with E-state index in [2.05, 4.69) is 5.32 Å². The predicted molar refractivity (Wildman–Crippen MR) is 97.1 cm³/mol. The van der Waals surface area contributed by atoms with Crippen LogP contribution < -0.4 is 5.32 Å². The highest BCUT2D eigenvalue weighted by molar-refractivity contribution is 5.73. The van der Waals surface area contributed by atoms with Gasteiger partial charge in [0, 0.05) is 6.07 Å². The van der Waals surface area contributed by atoms with Gasteiger partial charge in [-0.25, -0.2) is 0 Å². The second-order valence-corrected chi connectivity index (χ2v) is 6.34. The van der Waals surface area contributed by atoms with E-state index in [1.807, 2.05) is 0 Å². The van der Waals surface area contributed by atoms with Crippen molar-refractivity contribution in [3.63, 3.8) is 0 Å². The zero-order valence-electron chi connectivity index (χ0n) is 14.8. The molecule has 1 atom stereocenters. The second kappa shape index (κ2) is 7.09. The maximum Gasteiger partial charge on any atom is 0.418 e. The third kappa shape index (κ3) is 3.40. The standard InChI is InChI=1S/C17H11F3N4O6/c18-17(19,20)13-8-11(22(25)26)9-14(23(27)28)15(13)21-16(24(29)30)7-3-5-10-4-1-2-6-12(10)16/h1-6,8-9,21H,7H2. The molecule has 2 aromatic rings. The first-order valence-corrected chi connectivity index (χ1v) is 8.20. The van der Waals surface area contributed by atoms with Crippen molar-refractivity contribution in [1.29, 1.82) is 0 Å². The summed E-state index contributed by atoms with van der Waals surface area (Å²) in [4.78, 5) is 31.1. The Morgan fingerprint density at radius 3 is 2.23 bits per heavy atom. The fraction of sp³-hybridized carbons (Fsp3) is 0.176. The minimum Gasteiger partial charge on any atom is -0.311 e. The molecule has 0 bridgehead atoms. The van der Waals surface area contributed by atoms with E-state index in [-0.39, 0.29) is 11.6 Å². The van der Waals surface area contributed by atoms with Crippen molar-refractivity contribution >= 4 is 23.1 Å². The minimum atomic E-state index is -5.26. The van der Waals surface area contributed by atoms with Crippen molar-refractivity contribution < 1.29 is 27.9 Å². The maximum absolute atomic E-state index is 13.6. The fourth-order valence-electron chi connectivity index (χ4n) is 3.25. The molecule has 1 unspecified atom stereocenters. The van der Waals surface area contributed by atoms with Gasteiger partial charge in [-0.1, -0.05) is 30.4 Å². The molecule has 13 heteroatoms. The number of hydrogen-bond donors (Lipinski definition) is 1. The summed E-state index contributed by atoms with van der Waals surface area (Å²) in [6, 6.07) is 6.25. The Labute approximate surface area is 165 Å². The average molecular weight is 424 g/mol. The molecule has 0 aliphatic heterocycles. The summed E-state index contributed by atoms with van der Waals surface area (Å²) in [5.41, 5.74) is -7.46. The number of alkyl halides is 3. The molecule has 2 aromatic carbocycles. The third-order valence-electron chi connectivity index (χ3n) is 4.58. The molecule has 0 spiro atoms. The average Bonchev–Trinajstić information content (AvgIpc) is 2.66. The molecule has 0 amide bonds. The van der Waals surface area contributed by atoms with Crippen LogP contribution in [0.4, 0.5) is 30.2 Å². The Hall–Kier alpha value is -4.03. The van der Waals surface area contributed by atoms with Crippen LogP contribution in [-0.4, -0.2) is 14.8 Å². The Balaban J connectivity index is 2.32. The number of nitro groups is 3. The summed E-state index contributed by atoms with van der Waals surface area (Å²) in [6.07, 6.45) is -2.79. The Kier molecular flexibility index (Phi) is 4.89. The number of hydrogen-bond acceptors (Lipinski definition) is 7. The van der Waals surface area contributed by atoms with Crippen LogP contribution in [0.3, 0.4) is 0 Å². The number of anilines is 1. The lowest BCUT2D eigenvalue weighted by Crippen LogP contribution is -2.45. The molecule has 0 radical (unpaired) electrons. The molecule has 1 aliphatic carbocycles. The predicted octanol–water partition coefficient (Wildman–Crippen LogP) is 4.48. The highest BCUT2D eigenvalue weighted by Gasteiger charge is 2.50. The lowest BCUT2D eigenvalue weighted by atomic mass is 9.86. The van der Waals surface area contributed by atoms with Gasteiger partial charge in [0.05, 0.1) is 38.4 Å². The number of rotatable bonds is 5. The van der Waals surface area contributed by atoms with Gasteiger partial charge in [-0.05, 0) is 11.6 Å². The van der Waals surface area contributed by atoms with Gasteiger partial charge in [-0.2, -0.15) is 13.2 Å². The molecule has 0 fully saturated rings. The molecule has 0 saturated heterocycles. The van der Waals surface area contributed by atoms with Crippen LogP contribution in [0.25, 0.3) is 6.08 Å². The zero-order chi connectivity index (χ0) is 22.3. The first kappa shape index (κ1) is 20.7. The molecular weight excluding hydrogens is 413 g/mol. The molecule has 156 valence electrons. The quantitative estimate of drug-likeness (QED) is 0.424. The van der Waals surface area contributed by atoms with Crippen molar-refractivity contribution in [3.05, 3.63) is 89.5 Å². The van der Waals surface area contributed by atoms with Crippen LogP contribution in [0, 0.1) is 30.3 Å². The summed E-state index contributed by atoms with van der Waals surface area (Å²) in [7, 11) is 0. The fourth-order valence-corrected chi connectivity index (χ4v) is 3.25. The first-order chi connectivity index (χ1) is 14.0. The van der Waals surface area contributed by atoms with Crippen molar-refractivity contribution in [2.24, 2.45) is 0 Å². The lowest BCUT2D eigenvalue weighted by molar-refractivity contribution is -0.570. The Morgan fingerprint density at radius 2 is 1.67 bits per heavy atom. The monoisotopic (exact) mass is 424 g/mol. The van der Waals surface area contributed by atoms with Crippen LogP contribution in [0.5, 0.6) is 0 Å². The molecular formula is C17H11F3N4O6. The van der Waals surface area contributed by atoms with Gasteiger partial charge < -0.3 is 5.32 Å². The molecule has 10 nitrogen and oxygen atoms in total. The summed E-state index contributed by atoms with van der Waals surface area (Å²) in [5.74, 6) is 0. The molecule has 1 aliphatic rings. The highest BCUT2D eigenvalue weighted by Crippen LogP contribution is 2.46.